The van der Waals surface area contributed by atoms with Gasteiger partial charge in [0.15, 0.2) is 11.6 Å². The van der Waals surface area contributed by atoms with Crippen molar-refractivity contribution in [2.24, 2.45) is 17.6 Å². The fourth-order valence-electron chi connectivity index (χ4n) is 6.15. The van der Waals surface area contributed by atoms with E-state index in [0.717, 1.165) is 59.8 Å². The molecule has 0 unspecified atom stereocenters. The minimum absolute atomic E-state index is 0.204. The summed E-state index contributed by atoms with van der Waals surface area (Å²) >= 11 is 0. The lowest BCUT2D eigenvalue weighted by atomic mass is 9.98. The highest BCUT2D eigenvalue weighted by Gasteiger charge is 2.43. The molecule has 3 aromatic heterocycles. The van der Waals surface area contributed by atoms with Crippen molar-refractivity contribution in [2.75, 3.05) is 30.4 Å². The Morgan fingerprint density at radius 1 is 1.17 bits per heavy atom. The average Bonchev–Trinajstić information content (AvgIpc) is 3.60. The van der Waals surface area contributed by atoms with Gasteiger partial charge in [-0.15, -0.1) is 0 Å². The summed E-state index contributed by atoms with van der Waals surface area (Å²) < 4.78 is 26.2. The highest BCUT2D eigenvalue weighted by Crippen LogP contribution is 2.48. The maximum Gasteiger partial charge on any atom is 0.324 e. The third kappa shape index (κ3) is 3.31. The first kappa shape index (κ1) is 21.5. The number of nitrogens with two attached hydrogens (primary N) is 1. The molecule has 0 radical (unpaired) electrons. The summed E-state index contributed by atoms with van der Waals surface area (Å²) in [6, 6.07) is 5.30. The fraction of sp³-hybridized carbons (Fsp3) is 0.385. The Kier molecular flexibility index (Phi) is 4.69. The molecule has 3 N–H and O–H groups in total. The predicted molar refractivity (Wildman–Crippen MR) is 133 cm³/mol. The molecule has 184 valence electrons. The van der Waals surface area contributed by atoms with Crippen LogP contribution in [0.2, 0.25) is 0 Å². The van der Waals surface area contributed by atoms with E-state index in [9.17, 15) is 4.39 Å². The van der Waals surface area contributed by atoms with Crippen LogP contribution in [0.1, 0.15) is 30.0 Å². The fourth-order valence-corrected chi connectivity index (χ4v) is 6.15. The average molecular weight is 488 g/mol. The number of aryl methyl sites for hydroxylation is 1. The maximum atomic E-state index is 14.6. The van der Waals surface area contributed by atoms with Crippen LogP contribution in [0.25, 0.3) is 22.4 Å². The summed E-state index contributed by atoms with van der Waals surface area (Å²) in [5, 5.41) is 3.13. The lowest BCUT2D eigenvalue weighted by Crippen LogP contribution is -2.30. The quantitative estimate of drug-likeness (QED) is 0.387. The van der Waals surface area contributed by atoms with E-state index < -0.39 is 0 Å². The number of halogens is 1. The van der Waals surface area contributed by atoms with E-state index in [1.165, 1.54) is 6.07 Å². The van der Waals surface area contributed by atoms with E-state index in [4.69, 9.17) is 24.9 Å². The molecule has 7 rings (SSSR count). The van der Waals surface area contributed by atoms with Crippen molar-refractivity contribution < 1.29 is 13.5 Å². The number of anilines is 2. The molecule has 0 spiro atoms. The van der Waals surface area contributed by atoms with Crippen molar-refractivity contribution >= 4 is 22.7 Å². The Morgan fingerprint density at radius 2 is 2.06 bits per heavy atom. The van der Waals surface area contributed by atoms with Crippen LogP contribution < -0.4 is 20.7 Å². The second-order valence-corrected chi connectivity index (χ2v) is 9.96. The van der Waals surface area contributed by atoms with E-state index in [1.807, 2.05) is 0 Å². The summed E-state index contributed by atoms with van der Waals surface area (Å²) in [4.78, 5) is 20.6. The molecule has 2 fully saturated rings. The topological polar surface area (TPSA) is 115 Å². The van der Waals surface area contributed by atoms with Gasteiger partial charge in [0.1, 0.15) is 17.2 Å². The van der Waals surface area contributed by atoms with Gasteiger partial charge in [0.2, 0.25) is 5.71 Å². The number of nitrogens with zero attached hydrogens (tertiary/aromatic N) is 5. The van der Waals surface area contributed by atoms with E-state index >= 15 is 0 Å². The lowest BCUT2D eigenvalue weighted by Gasteiger charge is -2.23. The molecule has 4 aromatic rings. The number of hydrogen-bond acceptors (Lipinski definition) is 9. The van der Waals surface area contributed by atoms with E-state index in [0.29, 0.717) is 41.1 Å². The van der Waals surface area contributed by atoms with E-state index in [-0.39, 0.29) is 17.9 Å². The van der Waals surface area contributed by atoms with E-state index in [2.05, 4.69) is 20.2 Å². The van der Waals surface area contributed by atoms with Gasteiger partial charge in [-0.25, -0.2) is 14.4 Å². The Morgan fingerprint density at radius 3 is 2.89 bits per heavy atom. The van der Waals surface area contributed by atoms with Crippen molar-refractivity contribution in [1.29, 1.82) is 0 Å². The molecule has 2 aliphatic carbocycles. The van der Waals surface area contributed by atoms with Gasteiger partial charge in [0.25, 0.3) is 0 Å². The summed E-state index contributed by atoms with van der Waals surface area (Å²) in [5.41, 5.74) is 11.8. The Hall–Kier alpha value is -3.79. The number of oxazole rings is 1. The van der Waals surface area contributed by atoms with Crippen LogP contribution in [0.5, 0.6) is 11.8 Å². The first-order valence-electron chi connectivity index (χ1n) is 12.3. The molecule has 0 amide bonds. The number of benzene rings is 1. The van der Waals surface area contributed by atoms with Crippen LogP contribution in [-0.2, 0) is 6.42 Å². The molecule has 4 heterocycles. The number of hydrogen-bond donors (Lipinski definition) is 2. The smallest absolute Gasteiger partial charge is 0.324 e. The molecule has 10 heteroatoms. The van der Waals surface area contributed by atoms with Gasteiger partial charge in [-0.2, -0.15) is 9.97 Å². The van der Waals surface area contributed by atoms with Gasteiger partial charge in [-0.3, -0.25) is 0 Å². The summed E-state index contributed by atoms with van der Waals surface area (Å²) in [6.45, 7) is 3.47. The molecule has 1 aliphatic heterocycles. The van der Waals surface area contributed by atoms with Crippen LogP contribution in [0, 0.1) is 24.6 Å². The lowest BCUT2D eigenvalue weighted by molar-refractivity contribution is 0.438. The highest BCUT2D eigenvalue weighted by atomic mass is 19.1. The number of ether oxygens (including phenoxy) is 1. The highest BCUT2D eigenvalue weighted by molar-refractivity contribution is 5.88. The number of fused-ring (bicyclic) bond motifs is 5. The van der Waals surface area contributed by atoms with E-state index in [1.54, 1.807) is 32.3 Å². The van der Waals surface area contributed by atoms with Crippen LogP contribution >= 0.6 is 0 Å². The molecule has 36 heavy (non-hydrogen) atoms. The second kappa shape index (κ2) is 7.86. The molecule has 0 bridgehead atoms. The van der Waals surface area contributed by atoms with Crippen molar-refractivity contribution in [3.05, 3.63) is 47.4 Å². The Bertz CT molecular complexity index is 1520. The molecule has 3 aliphatic rings. The van der Waals surface area contributed by atoms with Crippen molar-refractivity contribution in [1.82, 2.24) is 19.9 Å². The van der Waals surface area contributed by atoms with Gasteiger partial charge < -0.3 is 25.1 Å². The van der Waals surface area contributed by atoms with Crippen molar-refractivity contribution in [2.45, 2.75) is 32.2 Å². The van der Waals surface area contributed by atoms with Crippen LogP contribution in [0.4, 0.5) is 15.9 Å². The zero-order chi connectivity index (χ0) is 24.6. The Balaban J connectivity index is 1.33. The molecule has 1 saturated heterocycles. The van der Waals surface area contributed by atoms with Crippen molar-refractivity contribution in [3.8, 4) is 22.9 Å². The first-order chi connectivity index (χ1) is 17.5. The number of aromatic nitrogens is 4. The van der Waals surface area contributed by atoms with Gasteiger partial charge in [0, 0.05) is 56.8 Å². The SMILES string of the molecule is CNc1cc(F)cc2c1Cc1nc(Oc3cnc4oc(C)nc4c3)nc(N3C[C@H]4CC[C@@H](N)[C@H]4C3)c1-2. The molecular formula is C26H26FN7O2. The second-order valence-electron chi connectivity index (χ2n) is 9.96. The van der Waals surface area contributed by atoms with Crippen molar-refractivity contribution in [3.63, 3.8) is 0 Å². The molecule has 1 aromatic carbocycles. The first-order valence-corrected chi connectivity index (χ1v) is 12.3. The standard InChI is InChI=1S/C26H26FN7O2/c1-12-31-22-7-15(9-30-25(22)35-12)36-26-32-21-8-16-17(5-14(27)6-20(16)29-2)23(21)24(33-26)34-10-13-3-4-19(28)18(13)11-34/h5-7,9,13,18-19,29H,3-4,8,10-11,28H2,1-2H3/t13-,18+,19-/m1/s1. The number of rotatable bonds is 4. The monoisotopic (exact) mass is 487 g/mol. The number of pyridine rings is 1. The minimum Gasteiger partial charge on any atom is -0.423 e. The van der Waals surface area contributed by atoms with Crippen LogP contribution in [0.3, 0.4) is 0 Å². The molecule has 1 saturated carbocycles. The zero-order valence-electron chi connectivity index (χ0n) is 20.1. The van der Waals surface area contributed by atoms with Gasteiger partial charge in [-0.05, 0) is 47.9 Å². The van der Waals surface area contributed by atoms with Gasteiger partial charge in [-0.1, -0.05) is 0 Å². The minimum atomic E-state index is -0.292. The molecule has 9 nitrogen and oxygen atoms in total. The van der Waals surface area contributed by atoms with Gasteiger partial charge in [0.05, 0.1) is 11.9 Å². The molecule has 3 atom stereocenters. The normalized spacial score (nSPS) is 22.1. The molecular weight excluding hydrogens is 461 g/mol. The Labute approximate surface area is 206 Å². The predicted octanol–water partition coefficient (Wildman–Crippen LogP) is 4.04. The van der Waals surface area contributed by atoms with Gasteiger partial charge >= 0.3 is 6.01 Å². The maximum absolute atomic E-state index is 14.6. The summed E-state index contributed by atoms with van der Waals surface area (Å²) in [7, 11) is 1.80. The summed E-state index contributed by atoms with van der Waals surface area (Å²) in [6.07, 6.45) is 4.32. The van der Waals surface area contributed by atoms with Crippen LogP contribution in [0.15, 0.2) is 28.8 Å². The van der Waals surface area contributed by atoms with Crippen LogP contribution in [-0.4, -0.2) is 46.1 Å². The largest absolute Gasteiger partial charge is 0.423 e. The zero-order valence-corrected chi connectivity index (χ0v) is 20.1. The summed E-state index contributed by atoms with van der Waals surface area (Å²) in [5.74, 6) is 2.46. The third-order valence-electron chi connectivity index (χ3n) is 7.79. The third-order valence-corrected chi connectivity index (χ3v) is 7.79. The number of nitrogens with one attached hydrogen (secondary N) is 1.